The fourth-order valence-corrected chi connectivity index (χ4v) is 4.58. The third-order valence-electron chi connectivity index (χ3n) is 5.82. The summed E-state index contributed by atoms with van der Waals surface area (Å²) in [4.78, 5) is 12.9. The monoisotopic (exact) mass is 438 g/mol. The highest BCUT2D eigenvalue weighted by molar-refractivity contribution is 6.29. The molecule has 0 aliphatic carbocycles. The molecule has 4 heteroatoms. The molecule has 1 N–H and O–H groups in total. The van der Waals surface area contributed by atoms with Gasteiger partial charge in [0.05, 0.1) is 11.3 Å². The van der Waals surface area contributed by atoms with Crippen LogP contribution in [0.2, 0.25) is 0 Å². The summed E-state index contributed by atoms with van der Waals surface area (Å²) in [6, 6.07) is 16.8. The minimum atomic E-state index is -1.25. The third-order valence-corrected chi connectivity index (χ3v) is 5.95. The van der Waals surface area contributed by atoms with Gasteiger partial charge in [0.25, 0.3) is 0 Å². The van der Waals surface area contributed by atoms with Gasteiger partial charge in [-0.3, -0.25) is 4.79 Å². The molecule has 0 aliphatic heterocycles. The molecule has 31 heavy (non-hydrogen) atoms. The van der Waals surface area contributed by atoms with Gasteiger partial charge in [0.2, 0.25) is 0 Å². The molecule has 3 atom stereocenters. The molecule has 2 aromatic carbocycles. The fourth-order valence-electron chi connectivity index (χ4n) is 4.45. The molecule has 3 unspecified atom stereocenters. The van der Waals surface area contributed by atoms with Crippen molar-refractivity contribution >= 4 is 17.6 Å². The molecule has 3 nitrogen and oxygen atoms in total. The Morgan fingerprint density at radius 2 is 1.71 bits per heavy atom. The number of allylic oxidation sites excluding steroid dienone is 2. The molecule has 0 spiro atoms. The van der Waals surface area contributed by atoms with Crippen LogP contribution in [0, 0.1) is 35.5 Å². The van der Waals surface area contributed by atoms with Gasteiger partial charge in [0.1, 0.15) is 11.5 Å². The Labute approximate surface area is 191 Å². The van der Waals surface area contributed by atoms with Crippen LogP contribution in [0.15, 0.2) is 65.7 Å². The van der Waals surface area contributed by atoms with Crippen LogP contribution in [0.5, 0.6) is 11.5 Å². The van der Waals surface area contributed by atoms with E-state index in [9.17, 15) is 9.90 Å². The Bertz CT molecular complexity index is 952. The van der Waals surface area contributed by atoms with Crippen LogP contribution < -0.4 is 4.74 Å². The zero-order valence-corrected chi connectivity index (χ0v) is 19.6. The Kier molecular flexibility index (Phi) is 8.36. The van der Waals surface area contributed by atoms with Gasteiger partial charge in [0.15, 0.2) is 0 Å². The predicted octanol–water partition coefficient (Wildman–Crippen LogP) is 7.34. The van der Waals surface area contributed by atoms with Crippen LogP contribution in [0.3, 0.4) is 0 Å². The number of rotatable bonds is 9. The largest absolute Gasteiger partial charge is 0.481 e. The van der Waals surface area contributed by atoms with Crippen LogP contribution in [-0.4, -0.2) is 11.1 Å². The van der Waals surface area contributed by atoms with E-state index in [-0.39, 0.29) is 17.8 Å². The first-order valence-electron chi connectivity index (χ1n) is 10.5. The second-order valence-electron chi connectivity index (χ2n) is 8.50. The number of para-hydroxylation sites is 1. The van der Waals surface area contributed by atoms with E-state index in [0.29, 0.717) is 16.5 Å². The normalized spacial score (nSPS) is 15.8. The summed E-state index contributed by atoms with van der Waals surface area (Å²) in [5.41, 5.74) is -0.511. The van der Waals surface area contributed by atoms with Crippen molar-refractivity contribution in [2.24, 2.45) is 23.2 Å². The second kappa shape index (κ2) is 10.6. The molecule has 2 rings (SSSR count). The molecule has 0 saturated carbocycles. The maximum atomic E-state index is 12.9. The molecular formula is C27H31ClO3. The first-order chi connectivity index (χ1) is 14.6. The van der Waals surface area contributed by atoms with Crippen molar-refractivity contribution in [3.05, 3.63) is 71.3 Å². The van der Waals surface area contributed by atoms with Gasteiger partial charge in [-0.1, -0.05) is 81.6 Å². The minimum Gasteiger partial charge on any atom is -0.481 e. The fraction of sp³-hybridized carbons (Fsp3) is 0.370. The molecule has 0 aliphatic rings. The summed E-state index contributed by atoms with van der Waals surface area (Å²) < 4.78 is 5.97. The molecule has 2 aromatic rings. The van der Waals surface area contributed by atoms with Gasteiger partial charge >= 0.3 is 5.97 Å². The van der Waals surface area contributed by atoms with Gasteiger partial charge in [-0.15, -0.1) is 6.42 Å². The van der Waals surface area contributed by atoms with E-state index in [4.69, 9.17) is 22.8 Å². The predicted molar refractivity (Wildman–Crippen MR) is 127 cm³/mol. The van der Waals surface area contributed by atoms with Crippen LogP contribution >= 0.6 is 11.6 Å². The molecule has 0 fully saturated rings. The van der Waals surface area contributed by atoms with Gasteiger partial charge in [0, 0.05) is 5.03 Å². The maximum absolute atomic E-state index is 12.9. The van der Waals surface area contributed by atoms with Gasteiger partial charge in [-0.25, -0.2) is 0 Å². The lowest BCUT2D eigenvalue weighted by atomic mass is 9.56. The van der Waals surface area contributed by atoms with Crippen molar-refractivity contribution in [1.82, 2.24) is 0 Å². The SMILES string of the molecule is C#CC(c1cccc(Oc2ccccc2)c1)C(C(=O)O)(C(C)C)C(C=C(C)Cl)C(C)C. The first-order valence-corrected chi connectivity index (χ1v) is 10.9. The molecule has 0 radical (unpaired) electrons. The highest BCUT2D eigenvalue weighted by Crippen LogP contribution is 2.52. The van der Waals surface area contributed by atoms with Crippen molar-refractivity contribution in [2.45, 2.75) is 40.5 Å². The van der Waals surface area contributed by atoms with E-state index in [1.807, 2.05) is 88.4 Å². The number of benzene rings is 2. The average Bonchev–Trinajstić information content (AvgIpc) is 2.70. The summed E-state index contributed by atoms with van der Waals surface area (Å²) >= 11 is 6.24. The van der Waals surface area contributed by atoms with Crippen molar-refractivity contribution in [2.75, 3.05) is 0 Å². The second-order valence-corrected chi connectivity index (χ2v) is 9.10. The molecule has 0 heterocycles. The van der Waals surface area contributed by atoms with E-state index in [2.05, 4.69) is 5.92 Å². The Morgan fingerprint density at radius 1 is 1.10 bits per heavy atom. The first kappa shape index (κ1) is 24.6. The lowest BCUT2D eigenvalue weighted by Crippen LogP contribution is -2.49. The molecular weight excluding hydrogens is 408 g/mol. The highest BCUT2D eigenvalue weighted by Gasteiger charge is 2.54. The molecule has 164 valence electrons. The number of carboxylic acids is 1. The lowest BCUT2D eigenvalue weighted by Gasteiger charge is -2.45. The van der Waals surface area contributed by atoms with Crippen molar-refractivity contribution < 1.29 is 14.6 Å². The number of carboxylic acid groups (broad SMARTS) is 1. The van der Waals surface area contributed by atoms with Crippen LogP contribution in [0.1, 0.15) is 46.1 Å². The quantitative estimate of drug-likeness (QED) is 0.416. The van der Waals surface area contributed by atoms with Crippen LogP contribution in [0.25, 0.3) is 0 Å². The number of terminal acetylenes is 1. The number of aliphatic carboxylic acids is 1. The number of halogens is 1. The van der Waals surface area contributed by atoms with Gasteiger partial charge in [-0.05, 0) is 54.5 Å². The third kappa shape index (κ3) is 5.32. The summed E-state index contributed by atoms with van der Waals surface area (Å²) in [5.74, 6) is 1.94. The molecule has 0 saturated heterocycles. The number of hydrogen-bond acceptors (Lipinski definition) is 2. The number of ether oxygens (including phenoxy) is 1. The van der Waals surface area contributed by atoms with Crippen molar-refractivity contribution in [1.29, 1.82) is 0 Å². The topological polar surface area (TPSA) is 46.5 Å². The van der Waals surface area contributed by atoms with E-state index in [1.54, 1.807) is 6.92 Å². The zero-order valence-electron chi connectivity index (χ0n) is 18.8. The van der Waals surface area contributed by atoms with Crippen molar-refractivity contribution in [3.8, 4) is 23.8 Å². The van der Waals surface area contributed by atoms with E-state index in [1.165, 1.54) is 0 Å². The highest BCUT2D eigenvalue weighted by atomic mass is 35.5. The van der Waals surface area contributed by atoms with E-state index >= 15 is 0 Å². The van der Waals surface area contributed by atoms with Gasteiger partial charge < -0.3 is 9.84 Å². The van der Waals surface area contributed by atoms with Crippen molar-refractivity contribution in [3.63, 3.8) is 0 Å². The standard InChI is InChI=1S/C27H31ClO3/c1-7-24(21-12-11-15-23(17-21)31-22-13-9-8-10-14-22)27(19(4)5,26(29)30)25(18(2)3)16-20(6)28/h1,8-19,24-25H,2-6H3,(H,29,30). The smallest absolute Gasteiger partial charge is 0.312 e. The molecule has 0 bridgehead atoms. The minimum absolute atomic E-state index is 0.0202. The molecule has 0 aromatic heterocycles. The Balaban J connectivity index is 2.65. The summed E-state index contributed by atoms with van der Waals surface area (Å²) in [7, 11) is 0. The summed E-state index contributed by atoms with van der Waals surface area (Å²) in [6.45, 7) is 9.60. The Hall–Kier alpha value is -2.70. The average molecular weight is 439 g/mol. The van der Waals surface area contributed by atoms with E-state index in [0.717, 1.165) is 5.56 Å². The van der Waals surface area contributed by atoms with E-state index < -0.39 is 17.3 Å². The maximum Gasteiger partial charge on any atom is 0.312 e. The van der Waals surface area contributed by atoms with Crippen LogP contribution in [0.4, 0.5) is 0 Å². The molecule has 0 amide bonds. The van der Waals surface area contributed by atoms with Gasteiger partial charge in [-0.2, -0.15) is 0 Å². The summed E-state index contributed by atoms with van der Waals surface area (Å²) in [5, 5.41) is 11.2. The lowest BCUT2D eigenvalue weighted by molar-refractivity contribution is -0.157. The number of hydrogen-bond donors (Lipinski definition) is 1. The summed E-state index contributed by atoms with van der Waals surface area (Å²) in [6.07, 6.45) is 7.87. The number of carbonyl (C=O) groups is 1. The van der Waals surface area contributed by atoms with Crippen LogP contribution in [-0.2, 0) is 4.79 Å². The Morgan fingerprint density at radius 3 is 2.19 bits per heavy atom. The zero-order chi connectivity index (χ0) is 23.2.